The highest BCUT2D eigenvalue weighted by atomic mass is 16.2. The number of fused-ring (bicyclic) bond motifs is 1. The molecule has 2 amide bonds. The van der Waals surface area contributed by atoms with E-state index < -0.39 is 0 Å². The highest BCUT2D eigenvalue weighted by Gasteiger charge is 2.37. The molecule has 1 aromatic heterocycles. The summed E-state index contributed by atoms with van der Waals surface area (Å²) in [4.78, 5) is 26.6. The average Bonchev–Trinajstić information content (AvgIpc) is 3.11. The lowest BCUT2D eigenvalue weighted by Gasteiger charge is -2.17. The molecule has 1 aliphatic rings. The van der Waals surface area contributed by atoms with Crippen LogP contribution in [0.4, 0.5) is 5.69 Å². The summed E-state index contributed by atoms with van der Waals surface area (Å²) in [6, 6.07) is 16.1. The van der Waals surface area contributed by atoms with E-state index in [1.165, 1.54) is 4.90 Å². The minimum absolute atomic E-state index is 0.301. The summed E-state index contributed by atoms with van der Waals surface area (Å²) in [5, 5.41) is 7.13. The van der Waals surface area contributed by atoms with E-state index in [-0.39, 0.29) is 11.8 Å². The van der Waals surface area contributed by atoms with E-state index in [2.05, 4.69) is 10.2 Å². The minimum atomic E-state index is -0.301. The van der Waals surface area contributed by atoms with Gasteiger partial charge in [0.05, 0.1) is 22.5 Å². The first-order valence-electron chi connectivity index (χ1n) is 7.26. The van der Waals surface area contributed by atoms with E-state index in [0.29, 0.717) is 22.5 Å². The van der Waals surface area contributed by atoms with Crippen LogP contribution in [0.15, 0.2) is 54.6 Å². The Morgan fingerprint density at radius 3 is 2.00 bits per heavy atom. The van der Waals surface area contributed by atoms with E-state index in [4.69, 9.17) is 0 Å². The molecule has 2 heterocycles. The number of nitrogens with one attached hydrogen (secondary N) is 1. The number of carbonyl (C=O) groups excluding carboxylic acids is 2. The molecule has 23 heavy (non-hydrogen) atoms. The third-order valence-electron chi connectivity index (χ3n) is 3.92. The molecule has 0 aliphatic carbocycles. The number of H-pyrrole nitrogens is 1. The first-order chi connectivity index (χ1) is 11.2. The highest BCUT2D eigenvalue weighted by molar-refractivity contribution is 6.35. The maximum Gasteiger partial charge on any atom is 0.266 e. The summed E-state index contributed by atoms with van der Waals surface area (Å²) < 4.78 is 0. The zero-order valence-corrected chi connectivity index (χ0v) is 12.4. The molecule has 5 nitrogen and oxygen atoms in total. The van der Waals surface area contributed by atoms with Crippen molar-refractivity contribution in [2.45, 2.75) is 6.92 Å². The number of aryl methyl sites for hydroxylation is 1. The summed E-state index contributed by atoms with van der Waals surface area (Å²) in [5.41, 5.74) is 3.78. The fourth-order valence-corrected chi connectivity index (χ4v) is 2.85. The maximum atomic E-state index is 12.7. The van der Waals surface area contributed by atoms with Gasteiger partial charge in [-0.05, 0) is 31.2 Å². The van der Waals surface area contributed by atoms with Crippen molar-refractivity contribution in [3.8, 4) is 11.3 Å². The Morgan fingerprint density at radius 2 is 1.43 bits per heavy atom. The summed E-state index contributed by atoms with van der Waals surface area (Å²) in [7, 11) is 0. The lowest BCUT2D eigenvalue weighted by Crippen LogP contribution is -2.29. The van der Waals surface area contributed by atoms with Crippen LogP contribution in [0, 0.1) is 6.92 Å². The van der Waals surface area contributed by atoms with Crippen molar-refractivity contribution in [3.63, 3.8) is 0 Å². The van der Waals surface area contributed by atoms with Crippen LogP contribution in [-0.4, -0.2) is 22.0 Å². The van der Waals surface area contributed by atoms with E-state index in [1.54, 1.807) is 30.3 Å². The number of imide groups is 1. The summed E-state index contributed by atoms with van der Waals surface area (Å²) in [6.07, 6.45) is 0. The Kier molecular flexibility index (Phi) is 2.87. The highest BCUT2D eigenvalue weighted by Crippen LogP contribution is 2.35. The van der Waals surface area contributed by atoms with Gasteiger partial charge in [0, 0.05) is 11.3 Å². The number of hydrogen-bond acceptors (Lipinski definition) is 3. The SMILES string of the molecule is Cc1cc(-c2ccccc2N2C(=O)c3ccccc3C2=O)n[nH]1. The van der Waals surface area contributed by atoms with Crippen LogP contribution in [-0.2, 0) is 0 Å². The van der Waals surface area contributed by atoms with Gasteiger partial charge in [-0.3, -0.25) is 14.7 Å². The fraction of sp³-hybridized carbons (Fsp3) is 0.0556. The normalized spacial score (nSPS) is 13.5. The second-order valence-corrected chi connectivity index (χ2v) is 5.44. The van der Waals surface area contributed by atoms with Crippen LogP contribution in [0.5, 0.6) is 0 Å². The van der Waals surface area contributed by atoms with Gasteiger partial charge in [0.15, 0.2) is 0 Å². The van der Waals surface area contributed by atoms with Crippen LogP contribution < -0.4 is 4.90 Å². The number of hydrogen-bond donors (Lipinski definition) is 1. The van der Waals surface area contributed by atoms with E-state index in [1.807, 2.05) is 31.2 Å². The molecule has 0 spiro atoms. The molecule has 0 fully saturated rings. The standard InChI is InChI=1S/C18H13N3O2/c1-11-10-15(20-19-11)14-8-4-5-9-16(14)21-17(22)12-6-2-3-7-13(12)18(21)23/h2-10H,1H3,(H,19,20). The average molecular weight is 303 g/mol. The van der Waals surface area contributed by atoms with E-state index >= 15 is 0 Å². The van der Waals surface area contributed by atoms with Crippen molar-refractivity contribution in [2.24, 2.45) is 0 Å². The molecule has 5 heteroatoms. The van der Waals surface area contributed by atoms with Gasteiger partial charge in [-0.2, -0.15) is 5.10 Å². The van der Waals surface area contributed by atoms with Crippen molar-refractivity contribution in [1.29, 1.82) is 0 Å². The number of carbonyl (C=O) groups is 2. The van der Waals surface area contributed by atoms with Crippen LogP contribution >= 0.6 is 0 Å². The monoisotopic (exact) mass is 303 g/mol. The second-order valence-electron chi connectivity index (χ2n) is 5.44. The van der Waals surface area contributed by atoms with E-state index in [0.717, 1.165) is 11.3 Å². The Labute approximate surface area is 132 Å². The molecule has 0 saturated carbocycles. The number of aromatic nitrogens is 2. The Balaban J connectivity index is 1.87. The molecule has 3 aromatic rings. The number of benzene rings is 2. The molecular formula is C18H13N3O2. The molecule has 0 bridgehead atoms. The van der Waals surface area contributed by atoms with Gasteiger partial charge in [-0.1, -0.05) is 30.3 Å². The molecule has 0 radical (unpaired) electrons. The molecule has 1 N–H and O–H groups in total. The predicted octanol–water partition coefficient (Wildman–Crippen LogP) is 3.19. The first-order valence-corrected chi connectivity index (χ1v) is 7.26. The van der Waals surface area contributed by atoms with Gasteiger partial charge in [0.2, 0.25) is 0 Å². The van der Waals surface area contributed by atoms with Crippen molar-refractivity contribution < 1.29 is 9.59 Å². The molecular weight excluding hydrogens is 290 g/mol. The lowest BCUT2D eigenvalue weighted by atomic mass is 10.1. The molecule has 4 rings (SSSR count). The minimum Gasteiger partial charge on any atom is -0.282 e. The summed E-state index contributed by atoms with van der Waals surface area (Å²) >= 11 is 0. The van der Waals surface area contributed by atoms with Gasteiger partial charge < -0.3 is 0 Å². The topological polar surface area (TPSA) is 66.1 Å². The molecule has 0 unspecified atom stereocenters. The molecule has 0 saturated heterocycles. The number of aromatic amines is 1. The van der Waals surface area contributed by atoms with Gasteiger partial charge in [0.25, 0.3) is 11.8 Å². The van der Waals surface area contributed by atoms with Gasteiger partial charge in [-0.25, -0.2) is 4.90 Å². The Hall–Kier alpha value is -3.21. The van der Waals surface area contributed by atoms with E-state index in [9.17, 15) is 9.59 Å². The summed E-state index contributed by atoms with van der Waals surface area (Å²) in [6.45, 7) is 1.90. The summed E-state index contributed by atoms with van der Waals surface area (Å²) in [5.74, 6) is -0.601. The molecule has 1 aliphatic heterocycles. The third-order valence-corrected chi connectivity index (χ3v) is 3.92. The number of para-hydroxylation sites is 1. The van der Waals surface area contributed by atoms with Crippen molar-refractivity contribution in [3.05, 3.63) is 71.4 Å². The van der Waals surface area contributed by atoms with Crippen LogP contribution in [0.1, 0.15) is 26.4 Å². The quantitative estimate of drug-likeness (QED) is 0.739. The number of anilines is 1. The lowest BCUT2D eigenvalue weighted by molar-refractivity contribution is 0.0926. The fourth-order valence-electron chi connectivity index (χ4n) is 2.85. The van der Waals surface area contributed by atoms with Crippen molar-refractivity contribution >= 4 is 17.5 Å². The smallest absolute Gasteiger partial charge is 0.266 e. The zero-order chi connectivity index (χ0) is 16.0. The van der Waals surface area contributed by atoms with Gasteiger partial charge in [0.1, 0.15) is 0 Å². The number of rotatable bonds is 2. The second kappa shape index (κ2) is 4.91. The Morgan fingerprint density at radius 1 is 0.870 bits per heavy atom. The van der Waals surface area contributed by atoms with Crippen molar-refractivity contribution in [1.82, 2.24) is 10.2 Å². The first kappa shape index (κ1) is 13.5. The zero-order valence-electron chi connectivity index (χ0n) is 12.4. The number of nitrogens with zero attached hydrogens (tertiary/aromatic N) is 2. The van der Waals surface area contributed by atoms with Crippen molar-refractivity contribution in [2.75, 3.05) is 4.90 Å². The number of amides is 2. The molecule has 0 atom stereocenters. The maximum absolute atomic E-state index is 12.7. The van der Waals surface area contributed by atoms with Crippen LogP contribution in [0.25, 0.3) is 11.3 Å². The third kappa shape index (κ3) is 1.97. The largest absolute Gasteiger partial charge is 0.282 e. The van der Waals surface area contributed by atoms with Gasteiger partial charge in [-0.15, -0.1) is 0 Å². The van der Waals surface area contributed by atoms with Crippen LogP contribution in [0.2, 0.25) is 0 Å². The molecule has 2 aromatic carbocycles. The predicted molar refractivity (Wildman–Crippen MR) is 86.3 cm³/mol. The Bertz CT molecular complexity index is 908. The van der Waals surface area contributed by atoms with Gasteiger partial charge >= 0.3 is 0 Å². The molecule has 112 valence electrons. The van der Waals surface area contributed by atoms with Crippen LogP contribution in [0.3, 0.4) is 0 Å².